The molecule has 8 heteroatoms. The lowest BCUT2D eigenvalue weighted by molar-refractivity contribution is 0.0365. The number of carbonyl (C=O) groups excluding carboxylic acids is 1. The van der Waals surface area contributed by atoms with E-state index in [1.807, 2.05) is 24.3 Å². The number of morpholine rings is 1. The van der Waals surface area contributed by atoms with Gasteiger partial charge >= 0.3 is 6.03 Å². The molecule has 1 fully saturated rings. The molecule has 0 saturated carbocycles. The van der Waals surface area contributed by atoms with E-state index >= 15 is 0 Å². The summed E-state index contributed by atoms with van der Waals surface area (Å²) >= 11 is 7.46. The van der Waals surface area contributed by atoms with Gasteiger partial charge in [-0.15, -0.1) is 11.3 Å². The largest absolute Gasteiger partial charge is 0.379 e. The minimum absolute atomic E-state index is 0.138. The normalized spacial score (nSPS) is 15.0. The van der Waals surface area contributed by atoms with E-state index in [0.29, 0.717) is 6.54 Å². The number of hydrogen-bond acceptors (Lipinski definition) is 4. The SMILES string of the molecule is CN(Cc1ccc(Cl)s1)C(=O)Nc1ccc2c(ccn2CCN2CCOCC2)c1. The summed E-state index contributed by atoms with van der Waals surface area (Å²) in [6.45, 7) is 6.14. The van der Waals surface area contributed by atoms with Gasteiger partial charge in [0.15, 0.2) is 0 Å². The molecule has 2 aromatic heterocycles. The van der Waals surface area contributed by atoms with Crippen LogP contribution in [0.2, 0.25) is 4.34 Å². The van der Waals surface area contributed by atoms with Crippen LogP contribution in [0.1, 0.15) is 4.88 Å². The van der Waals surface area contributed by atoms with Gasteiger partial charge in [-0.2, -0.15) is 0 Å². The maximum atomic E-state index is 12.5. The highest BCUT2D eigenvalue weighted by molar-refractivity contribution is 7.16. The minimum atomic E-state index is -0.138. The van der Waals surface area contributed by atoms with Crippen LogP contribution < -0.4 is 5.32 Å². The number of ether oxygens (including phenoxy) is 1. The van der Waals surface area contributed by atoms with Crippen LogP contribution in [0.3, 0.4) is 0 Å². The molecule has 1 saturated heterocycles. The highest BCUT2D eigenvalue weighted by Gasteiger charge is 2.13. The molecule has 154 valence electrons. The van der Waals surface area contributed by atoms with Gasteiger partial charge in [0, 0.05) is 60.9 Å². The van der Waals surface area contributed by atoms with E-state index in [1.165, 1.54) is 16.9 Å². The summed E-state index contributed by atoms with van der Waals surface area (Å²) in [6.07, 6.45) is 2.11. The van der Waals surface area contributed by atoms with Crippen LogP contribution in [-0.2, 0) is 17.8 Å². The third-order valence-corrected chi connectivity index (χ3v) is 6.37. The molecule has 0 aliphatic carbocycles. The molecule has 0 spiro atoms. The highest BCUT2D eigenvalue weighted by atomic mass is 35.5. The Hall–Kier alpha value is -2.06. The molecule has 6 nitrogen and oxygen atoms in total. The number of fused-ring (bicyclic) bond motifs is 1. The van der Waals surface area contributed by atoms with Gasteiger partial charge in [0.1, 0.15) is 0 Å². The van der Waals surface area contributed by atoms with Crippen LogP contribution in [0.25, 0.3) is 10.9 Å². The smallest absolute Gasteiger partial charge is 0.321 e. The van der Waals surface area contributed by atoms with Gasteiger partial charge in [-0.1, -0.05) is 11.6 Å². The molecule has 0 bridgehead atoms. The fraction of sp³-hybridized carbons (Fsp3) is 0.381. The first-order valence-electron chi connectivity index (χ1n) is 9.74. The third-order valence-electron chi connectivity index (χ3n) is 5.15. The van der Waals surface area contributed by atoms with E-state index in [2.05, 4.69) is 33.1 Å². The van der Waals surface area contributed by atoms with Crippen LogP contribution in [0.4, 0.5) is 10.5 Å². The second-order valence-electron chi connectivity index (χ2n) is 7.23. The first-order chi connectivity index (χ1) is 14.1. The standard InChI is InChI=1S/C21H25ClN4O2S/c1-24(15-18-3-5-20(22)29-18)21(27)23-17-2-4-19-16(14-17)6-7-26(19)9-8-25-10-12-28-13-11-25/h2-7,14H,8-13,15H2,1H3,(H,23,27). The summed E-state index contributed by atoms with van der Waals surface area (Å²) in [5.41, 5.74) is 1.97. The zero-order chi connectivity index (χ0) is 20.2. The van der Waals surface area contributed by atoms with Gasteiger partial charge in [0.2, 0.25) is 0 Å². The average molecular weight is 433 g/mol. The molecule has 0 radical (unpaired) electrons. The number of carbonyl (C=O) groups is 1. The Labute approximate surface area is 179 Å². The maximum Gasteiger partial charge on any atom is 0.321 e. The van der Waals surface area contributed by atoms with E-state index in [1.54, 1.807) is 11.9 Å². The number of nitrogens with zero attached hydrogens (tertiary/aromatic N) is 3. The Morgan fingerprint density at radius 2 is 2.03 bits per heavy atom. The zero-order valence-electron chi connectivity index (χ0n) is 16.4. The topological polar surface area (TPSA) is 49.7 Å². The minimum Gasteiger partial charge on any atom is -0.379 e. The van der Waals surface area contributed by atoms with Crippen molar-refractivity contribution in [1.82, 2.24) is 14.4 Å². The van der Waals surface area contributed by atoms with Gasteiger partial charge < -0.3 is 19.5 Å². The predicted octanol–water partition coefficient (Wildman–Crippen LogP) is 4.35. The zero-order valence-corrected chi connectivity index (χ0v) is 18.0. The summed E-state index contributed by atoms with van der Waals surface area (Å²) in [6, 6.07) is 11.8. The Balaban J connectivity index is 1.36. The van der Waals surface area contributed by atoms with Crippen LogP contribution in [0, 0.1) is 0 Å². The Bertz CT molecular complexity index is 980. The molecule has 1 aliphatic rings. The second kappa shape index (κ2) is 9.17. The Morgan fingerprint density at radius 3 is 2.79 bits per heavy atom. The highest BCUT2D eigenvalue weighted by Crippen LogP contribution is 2.23. The molecule has 0 atom stereocenters. The van der Waals surface area contributed by atoms with Crippen LogP contribution in [-0.4, -0.2) is 60.3 Å². The van der Waals surface area contributed by atoms with Crippen LogP contribution >= 0.6 is 22.9 Å². The number of aromatic nitrogens is 1. The molecule has 1 aliphatic heterocycles. The van der Waals surface area contributed by atoms with Gasteiger partial charge in [-0.3, -0.25) is 4.90 Å². The first-order valence-corrected chi connectivity index (χ1v) is 10.9. The number of hydrogen-bond donors (Lipinski definition) is 1. The molecule has 1 aromatic carbocycles. The molecule has 29 heavy (non-hydrogen) atoms. The van der Waals surface area contributed by atoms with Crippen molar-refractivity contribution in [3.63, 3.8) is 0 Å². The van der Waals surface area contributed by atoms with Crippen LogP contribution in [0.15, 0.2) is 42.6 Å². The lowest BCUT2D eigenvalue weighted by Gasteiger charge is -2.26. The van der Waals surface area contributed by atoms with Crippen molar-refractivity contribution in [2.24, 2.45) is 0 Å². The fourth-order valence-corrected chi connectivity index (χ4v) is 4.65. The number of anilines is 1. The summed E-state index contributed by atoms with van der Waals surface area (Å²) in [5.74, 6) is 0. The summed E-state index contributed by atoms with van der Waals surface area (Å²) < 4.78 is 8.41. The molecule has 3 heterocycles. The molecule has 0 unspecified atom stereocenters. The van der Waals surface area contributed by atoms with Crippen molar-refractivity contribution < 1.29 is 9.53 Å². The number of amides is 2. The number of urea groups is 1. The van der Waals surface area contributed by atoms with E-state index in [0.717, 1.165) is 59.7 Å². The molecule has 1 N–H and O–H groups in total. The number of benzene rings is 1. The lowest BCUT2D eigenvalue weighted by Crippen LogP contribution is -2.38. The van der Waals surface area contributed by atoms with Crippen molar-refractivity contribution in [2.45, 2.75) is 13.1 Å². The van der Waals surface area contributed by atoms with Crippen molar-refractivity contribution in [3.8, 4) is 0 Å². The van der Waals surface area contributed by atoms with E-state index < -0.39 is 0 Å². The van der Waals surface area contributed by atoms with Crippen LogP contribution in [0.5, 0.6) is 0 Å². The molecule has 4 rings (SSSR count). The number of rotatable bonds is 6. The Kier molecular flexibility index (Phi) is 6.40. The summed E-state index contributed by atoms with van der Waals surface area (Å²) in [7, 11) is 1.78. The predicted molar refractivity (Wildman–Crippen MR) is 119 cm³/mol. The lowest BCUT2D eigenvalue weighted by atomic mass is 10.2. The first kappa shape index (κ1) is 20.2. The van der Waals surface area contributed by atoms with E-state index in [-0.39, 0.29) is 6.03 Å². The monoisotopic (exact) mass is 432 g/mol. The molecular formula is C21H25ClN4O2S. The quantitative estimate of drug-likeness (QED) is 0.629. The Morgan fingerprint density at radius 1 is 1.21 bits per heavy atom. The summed E-state index contributed by atoms with van der Waals surface area (Å²) in [5, 5.41) is 4.10. The van der Waals surface area contributed by atoms with Gasteiger partial charge in [0.05, 0.1) is 24.1 Å². The van der Waals surface area contributed by atoms with Crippen molar-refractivity contribution in [1.29, 1.82) is 0 Å². The average Bonchev–Trinajstić information content (AvgIpc) is 3.32. The molecule has 2 amide bonds. The maximum absolute atomic E-state index is 12.5. The third kappa shape index (κ3) is 5.11. The fourth-order valence-electron chi connectivity index (χ4n) is 3.51. The van der Waals surface area contributed by atoms with Crippen molar-refractivity contribution in [3.05, 3.63) is 51.8 Å². The van der Waals surface area contributed by atoms with Gasteiger partial charge in [-0.25, -0.2) is 4.79 Å². The summed E-state index contributed by atoms with van der Waals surface area (Å²) in [4.78, 5) is 17.6. The van der Waals surface area contributed by atoms with Gasteiger partial charge in [-0.05, 0) is 36.4 Å². The number of thiophene rings is 1. The second-order valence-corrected chi connectivity index (χ2v) is 9.03. The van der Waals surface area contributed by atoms with E-state index in [4.69, 9.17) is 16.3 Å². The number of halogens is 1. The van der Waals surface area contributed by atoms with Gasteiger partial charge in [0.25, 0.3) is 0 Å². The molecular weight excluding hydrogens is 408 g/mol. The van der Waals surface area contributed by atoms with Crippen molar-refractivity contribution in [2.75, 3.05) is 45.2 Å². The molecule has 3 aromatic rings. The van der Waals surface area contributed by atoms with E-state index in [9.17, 15) is 4.79 Å². The number of nitrogens with one attached hydrogen (secondary N) is 1. The van der Waals surface area contributed by atoms with Crippen molar-refractivity contribution >= 4 is 45.6 Å².